The van der Waals surface area contributed by atoms with Crippen molar-refractivity contribution in [2.75, 3.05) is 11.4 Å². The SMILES string of the molecule is Fc1cc(F)c(F)c(N2CCc3ccccc32)c1F. The zero-order valence-corrected chi connectivity index (χ0v) is 9.76. The molecule has 0 saturated carbocycles. The van der Waals surface area contributed by atoms with Gasteiger partial charge in [-0.1, -0.05) is 18.2 Å². The summed E-state index contributed by atoms with van der Waals surface area (Å²) in [7, 11) is 0. The summed E-state index contributed by atoms with van der Waals surface area (Å²) in [4.78, 5) is 1.27. The van der Waals surface area contributed by atoms with Gasteiger partial charge in [0.05, 0.1) is 0 Å². The van der Waals surface area contributed by atoms with E-state index in [9.17, 15) is 17.6 Å². The van der Waals surface area contributed by atoms with Crippen molar-refractivity contribution in [2.45, 2.75) is 6.42 Å². The van der Waals surface area contributed by atoms with Crippen molar-refractivity contribution in [3.05, 3.63) is 59.2 Å². The summed E-state index contributed by atoms with van der Waals surface area (Å²) in [6.45, 7) is 0.288. The van der Waals surface area contributed by atoms with Crippen molar-refractivity contribution in [3.63, 3.8) is 0 Å². The lowest BCUT2D eigenvalue weighted by molar-refractivity contribution is 0.455. The summed E-state index contributed by atoms with van der Waals surface area (Å²) in [5.41, 5.74) is 0.804. The highest BCUT2D eigenvalue weighted by Gasteiger charge is 2.28. The normalized spacial score (nSPS) is 13.8. The Morgan fingerprint density at radius 1 is 0.895 bits per heavy atom. The van der Waals surface area contributed by atoms with E-state index in [4.69, 9.17) is 0 Å². The summed E-state index contributed by atoms with van der Waals surface area (Å²) in [6, 6.07) is 7.23. The summed E-state index contributed by atoms with van der Waals surface area (Å²) >= 11 is 0. The molecule has 19 heavy (non-hydrogen) atoms. The molecule has 0 aliphatic carbocycles. The first kappa shape index (κ1) is 12.0. The molecule has 98 valence electrons. The van der Waals surface area contributed by atoms with Gasteiger partial charge in [0.15, 0.2) is 23.3 Å². The van der Waals surface area contributed by atoms with Crippen LogP contribution in [-0.4, -0.2) is 6.54 Å². The van der Waals surface area contributed by atoms with E-state index in [2.05, 4.69) is 0 Å². The molecule has 0 aromatic heterocycles. The minimum absolute atomic E-state index is 0.218. The van der Waals surface area contributed by atoms with Crippen molar-refractivity contribution in [2.24, 2.45) is 0 Å². The molecule has 5 heteroatoms. The van der Waals surface area contributed by atoms with Gasteiger partial charge in [-0.2, -0.15) is 0 Å². The monoisotopic (exact) mass is 267 g/mol. The largest absolute Gasteiger partial charge is 0.336 e. The lowest BCUT2D eigenvalue weighted by atomic mass is 10.2. The molecule has 1 aliphatic rings. The van der Waals surface area contributed by atoms with Crippen LogP contribution < -0.4 is 4.90 Å². The highest BCUT2D eigenvalue weighted by atomic mass is 19.2. The van der Waals surface area contributed by atoms with E-state index >= 15 is 0 Å². The predicted octanol–water partition coefficient (Wildman–Crippen LogP) is 3.94. The number of fused-ring (bicyclic) bond motifs is 1. The molecule has 0 atom stereocenters. The minimum atomic E-state index is -1.39. The van der Waals surface area contributed by atoms with Crippen molar-refractivity contribution < 1.29 is 17.6 Å². The second kappa shape index (κ2) is 4.26. The lowest BCUT2D eigenvalue weighted by Gasteiger charge is -2.21. The average Bonchev–Trinajstić information content (AvgIpc) is 2.81. The Morgan fingerprint density at radius 3 is 2.21 bits per heavy atom. The third kappa shape index (κ3) is 1.77. The van der Waals surface area contributed by atoms with Crippen LogP contribution in [0.1, 0.15) is 5.56 Å². The maximum absolute atomic E-state index is 13.8. The third-order valence-corrected chi connectivity index (χ3v) is 3.25. The van der Waals surface area contributed by atoms with Gasteiger partial charge in [-0.15, -0.1) is 0 Å². The van der Waals surface area contributed by atoms with Crippen LogP contribution in [0.2, 0.25) is 0 Å². The van der Waals surface area contributed by atoms with Crippen LogP contribution in [-0.2, 0) is 6.42 Å². The molecule has 0 unspecified atom stereocenters. The van der Waals surface area contributed by atoms with Gasteiger partial charge in [0.25, 0.3) is 0 Å². The topological polar surface area (TPSA) is 3.24 Å². The fourth-order valence-corrected chi connectivity index (χ4v) is 2.37. The maximum Gasteiger partial charge on any atom is 0.185 e. The van der Waals surface area contributed by atoms with Crippen LogP contribution in [0.4, 0.5) is 28.9 Å². The molecule has 2 aromatic carbocycles. The zero-order chi connectivity index (χ0) is 13.6. The molecule has 1 nitrogen and oxygen atoms in total. The second-order valence-corrected chi connectivity index (χ2v) is 4.35. The van der Waals surface area contributed by atoms with Gasteiger partial charge >= 0.3 is 0 Å². The standard InChI is InChI=1S/C14H9F4N/c15-9-7-10(16)13(18)14(12(9)17)19-6-5-8-3-1-2-4-11(8)19/h1-4,7H,5-6H2. The van der Waals surface area contributed by atoms with Crippen LogP contribution in [0, 0.1) is 23.3 Å². The average molecular weight is 267 g/mol. The van der Waals surface area contributed by atoms with Crippen LogP contribution >= 0.6 is 0 Å². The number of benzene rings is 2. The molecule has 1 aliphatic heterocycles. The zero-order valence-electron chi connectivity index (χ0n) is 9.76. The smallest absolute Gasteiger partial charge is 0.185 e. The van der Waals surface area contributed by atoms with Gasteiger partial charge in [0, 0.05) is 18.3 Å². The molecule has 0 spiro atoms. The number of anilines is 2. The third-order valence-electron chi connectivity index (χ3n) is 3.25. The molecule has 3 rings (SSSR count). The Labute approximate surface area is 107 Å². The Balaban J connectivity index is 2.20. The van der Waals surface area contributed by atoms with Gasteiger partial charge in [-0.05, 0) is 18.1 Å². The number of nitrogens with zero attached hydrogens (tertiary/aromatic N) is 1. The molecular weight excluding hydrogens is 258 g/mol. The van der Waals surface area contributed by atoms with Crippen molar-refractivity contribution in [3.8, 4) is 0 Å². The molecular formula is C14H9F4N. The van der Waals surface area contributed by atoms with Gasteiger partial charge in [-0.3, -0.25) is 0 Å². The Morgan fingerprint density at radius 2 is 1.53 bits per heavy atom. The van der Waals surface area contributed by atoms with E-state index in [-0.39, 0.29) is 12.6 Å². The second-order valence-electron chi connectivity index (χ2n) is 4.35. The molecule has 0 amide bonds. The summed E-state index contributed by atoms with van der Waals surface area (Å²) in [5.74, 6) is -5.51. The predicted molar refractivity (Wildman–Crippen MR) is 63.4 cm³/mol. The van der Waals surface area contributed by atoms with E-state index in [0.29, 0.717) is 12.1 Å². The maximum atomic E-state index is 13.8. The molecule has 0 bridgehead atoms. The van der Waals surface area contributed by atoms with Crippen LogP contribution in [0.3, 0.4) is 0 Å². The highest BCUT2D eigenvalue weighted by Crippen LogP contribution is 2.38. The number of rotatable bonds is 1. The van der Waals surface area contributed by atoms with Crippen molar-refractivity contribution in [1.29, 1.82) is 0 Å². The lowest BCUT2D eigenvalue weighted by Crippen LogP contribution is -2.18. The van der Waals surface area contributed by atoms with Crippen LogP contribution in [0.25, 0.3) is 0 Å². The number of hydrogen-bond donors (Lipinski definition) is 0. The van der Waals surface area contributed by atoms with Crippen LogP contribution in [0.15, 0.2) is 30.3 Å². The van der Waals surface area contributed by atoms with Gasteiger partial charge in [0.2, 0.25) is 0 Å². The van der Waals surface area contributed by atoms with E-state index in [1.54, 1.807) is 18.2 Å². The Kier molecular flexibility index (Phi) is 2.69. The van der Waals surface area contributed by atoms with E-state index in [1.165, 1.54) is 4.90 Å². The molecule has 2 aromatic rings. The van der Waals surface area contributed by atoms with Crippen molar-refractivity contribution >= 4 is 11.4 Å². The fourth-order valence-electron chi connectivity index (χ4n) is 2.37. The molecule has 0 fully saturated rings. The molecule has 1 heterocycles. The number of para-hydroxylation sites is 1. The summed E-state index contributed by atoms with van der Waals surface area (Å²) in [6.07, 6.45) is 0.577. The van der Waals surface area contributed by atoms with Gasteiger partial charge < -0.3 is 4.90 Å². The first-order valence-corrected chi connectivity index (χ1v) is 5.78. The van der Waals surface area contributed by atoms with Gasteiger partial charge in [-0.25, -0.2) is 17.6 Å². The number of hydrogen-bond acceptors (Lipinski definition) is 1. The Hall–Kier alpha value is -2.04. The Bertz CT molecular complexity index is 628. The summed E-state index contributed by atoms with van der Waals surface area (Å²) in [5, 5.41) is 0. The number of halogens is 4. The molecule has 0 saturated heterocycles. The first-order valence-electron chi connectivity index (χ1n) is 5.78. The van der Waals surface area contributed by atoms with E-state index in [0.717, 1.165) is 5.56 Å². The van der Waals surface area contributed by atoms with E-state index < -0.39 is 29.0 Å². The van der Waals surface area contributed by atoms with E-state index in [1.807, 2.05) is 6.07 Å². The molecule has 0 N–H and O–H groups in total. The fraction of sp³-hybridized carbons (Fsp3) is 0.143. The molecule has 0 radical (unpaired) electrons. The minimum Gasteiger partial charge on any atom is -0.336 e. The first-order chi connectivity index (χ1) is 9.09. The summed E-state index contributed by atoms with van der Waals surface area (Å²) < 4.78 is 54.0. The quantitative estimate of drug-likeness (QED) is 0.559. The van der Waals surface area contributed by atoms with Gasteiger partial charge in [0.1, 0.15) is 5.69 Å². The van der Waals surface area contributed by atoms with Crippen molar-refractivity contribution in [1.82, 2.24) is 0 Å². The highest BCUT2D eigenvalue weighted by molar-refractivity contribution is 5.70. The van der Waals surface area contributed by atoms with Crippen LogP contribution in [0.5, 0.6) is 0 Å².